The Morgan fingerprint density at radius 1 is 1.38 bits per heavy atom. The first kappa shape index (κ1) is 15.1. The third-order valence-corrected chi connectivity index (χ3v) is 4.62. The van der Waals surface area contributed by atoms with E-state index in [1.165, 1.54) is 24.0 Å². The van der Waals surface area contributed by atoms with Crippen LogP contribution in [-0.4, -0.2) is 25.9 Å². The van der Waals surface area contributed by atoms with Crippen LogP contribution >= 0.6 is 11.6 Å². The van der Waals surface area contributed by atoms with Gasteiger partial charge < -0.3 is 14.8 Å². The summed E-state index contributed by atoms with van der Waals surface area (Å²) >= 11 is 6.29. The minimum Gasteiger partial charge on any atom is -0.493 e. The zero-order valence-corrected chi connectivity index (χ0v) is 13.4. The molecule has 0 spiro atoms. The topological polar surface area (TPSA) is 30.5 Å². The van der Waals surface area contributed by atoms with E-state index in [4.69, 9.17) is 21.1 Å². The molecule has 21 heavy (non-hydrogen) atoms. The monoisotopic (exact) mass is 309 g/mol. The highest BCUT2D eigenvalue weighted by molar-refractivity contribution is 6.30. The number of benzene rings is 1. The van der Waals surface area contributed by atoms with Crippen LogP contribution in [-0.2, 0) is 11.2 Å². The van der Waals surface area contributed by atoms with E-state index in [9.17, 15) is 0 Å². The quantitative estimate of drug-likeness (QED) is 0.865. The highest BCUT2D eigenvalue weighted by Gasteiger charge is 2.24. The standard InChI is InChI=1S/C17H24ClNO2/c1-2-19-16(6-5-14-4-3-8-20-14)15-11-13(18)10-12-7-9-21-17(12)15/h10-11,14,16,19H,2-9H2,1H3. The first-order chi connectivity index (χ1) is 10.3. The summed E-state index contributed by atoms with van der Waals surface area (Å²) in [5.41, 5.74) is 2.47. The van der Waals surface area contributed by atoms with Gasteiger partial charge in [-0.2, -0.15) is 0 Å². The van der Waals surface area contributed by atoms with Gasteiger partial charge in [0.05, 0.1) is 12.7 Å². The molecule has 2 heterocycles. The van der Waals surface area contributed by atoms with Crippen molar-refractivity contribution in [1.29, 1.82) is 0 Å². The zero-order valence-electron chi connectivity index (χ0n) is 12.7. The fourth-order valence-corrected chi connectivity index (χ4v) is 3.64. The second-order valence-corrected chi connectivity index (χ2v) is 6.34. The van der Waals surface area contributed by atoms with Gasteiger partial charge >= 0.3 is 0 Å². The van der Waals surface area contributed by atoms with Crippen LogP contribution in [0.4, 0.5) is 0 Å². The summed E-state index contributed by atoms with van der Waals surface area (Å²) in [6, 6.07) is 4.40. The van der Waals surface area contributed by atoms with Crippen molar-refractivity contribution in [2.75, 3.05) is 19.8 Å². The number of hydrogen-bond donors (Lipinski definition) is 1. The molecule has 4 heteroatoms. The molecule has 0 aromatic heterocycles. The average Bonchev–Trinajstić information content (AvgIpc) is 3.13. The van der Waals surface area contributed by atoms with Gasteiger partial charge in [-0.05, 0) is 49.9 Å². The smallest absolute Gasteiger partial charge is 0.127 e. The molecule has 1 aromatic rings. The summed E-state index contributed by atoms with van der Waals surface area (Å²) in [7, 11) is 0. The Morgan fingerprint density at radius 2 is 2.29 bits per heavy atom. The Bertz CT molecular complexity index is 486. The third-order valence-electron chi connectivity index (χ3n) is 4.40. The SMILES string of the molecule is CCNC(CCC1CCCO1)c1cc(Cl)cc2c1OCC2. The maximum absolute atomic E-state index is 6.29. The number of fused-ring (bicyclic) bond motifs is 1. The van der Waals surface area contributed by atoms with Gasteiger partial charge in [0.15, 0.2) is 0 Å². The lowest BCUT2D eigenvalue weighted by atomic mass is 9.96. The van der Waals surface area contributed by atoms with Gasteiger partial charge in [-0.1, -0.05) is 18.5 Å². The summed E-state index contributed by atoms with van der Waals surface area (Å²) in [4.78, 5) is 0. The van der Waals surface area contributed by atoms with Crippen molar-refractivity contribution in [3.05, 3.63) is 28.3 Å². The van der Waals surface area contributed by atoms with E-state index in [-0.39, 0.29) is 0 Å². The van der Waals surface area contributed by atoms with Crippen LogP contribution in [0.1, 0.15) is 49.8 Å². The second-order valence-electron chi connectivity index (χ2n) is 5.90. The number of rotatable bonds is 6. The third kappa shape index (κ3) is 3.53. The van der Waals surface area contributed by atoms with Crippen LogP contribution < -0.4 is 10.1 Å². The van der Waals surface area contributed by atoms with Crippen LogP contribution in [0.25, 0.3) is 0 Å². The van der Waals surface area contributed by atoms with Gasteiger partial charge in [0.1, 0.15) is 5.75 Å². The summed E-state index contributed by atoms with van der Waals surface area (Å²) in [6.07, 6.45) is 5.95. The molecule has 1 aromatic carbocycles. The fraction of sp³-hybridized carbons (Fsp3) is 0.647. The molecular formula is C17H24ClNO2. The Kier molecular flexibility index (Phi) is 5.04. The van der Waals surface area contributed by atoms with Gasteiger partial charge in [0.25, 0.3) is 0 Å². The first-order valence-electron chi connectivity index (χ1n) is 8.08. The fourth-order valence-electron chi connectivity index (χ4n) is 3.40. The van der Waals surface area contributed by atoms with Crippen molar-refractivity contribution >= 4 is 11.6 Å². The number of hydrogen-bond acceptors (Lipinski definition) is 3. The molecule has 0 amide bonds. The molecule has 2 unspecified atom stereocenters. The van der Waals surface area contributed by atoms with E-state index < -0.39 is 0 Å². The molecule has 0 bridgehead atoms. The zero-order chi connectivity index (χ0) is 14.7. The lowest BCUT2D eigenvalue weighted by molar-refractivity contribution is 0.0995. The van der Waals surface area contributed by atoms with Crippen molar-refractivity contribution in [1.82, 2.24) is 5.32 Å². The van der Waals surface area contributed by atoms with Gasteiger partial charge in [-0.3, -0.25) is 0 Å². The summed E-state index contributed by atoms with van der Waals surface area (Å²) in [5, 5.41) is 4.40. The van der Waals surface area contributed by atoms with E-state index in [1.807, 2.05) is 6.07 Å². The van der Waals surface area contributed by atoms with Crippen LogP contribution in [0.15, 0.2) is 12.1 Å². The Hall–Kier alpha value is -0.770. The van der Waals surface area contributed by atoms with Crippen LogP contribution in [0.3, 0.4) is 0 Å². The van der Waals surface area contributed by atoms with E-state index in [2.05, 4.69) is 18.3 Å². The maximum atomic E-state index is 6.29. The molecule has 3 nitrogen and oxygen atoms in total. The predicted octanol–water partition coefficient (Wildman–Crippen LogP) is 3.88. The molecule has 0 saturated carbocycles. The molecule has 0 radical (unpaired) electrons. The van der Waals surface area contributed by atoms with E-state index in [1.54, 1.807) is 0 Å². The Balaban J connectivity index is 1.76. The molecule has 2 aliphatic heterocycles. The highest BCUT2D eigenvalue weighted by atomic mass is 35.5. The lowest BCUT2D eigenvalue weighted by Gasteiger charge is -2.22. The van der Waals surface area contributed by atoms with Crippen molar-refractivity contribution in [3.8, 4) is 5.75 Å². The van der Waals surface area contributed by atoms with Gasteiger partial charge in [0, 0.05) is 29.7 Å². The normalized spacial score (nSPS) is 22.1. The molecule has 1 N–H and O–H groups in total. The first-order valence-corrected chi connectivity index (χ1v) is 8.46. The van der Waals surface area contributed by atoms with Gasteiger partial charge in [0.2, 0.25) is 0 Å². The number of ether oxygens (including phenoxy) is 2. The van der Waals surface area contributed by atoms with E-state index in [0.717, 1.165) is 49.8 Å². The van der Waals surface area contributed by atoms with Crippen LogP contribution in [0.2, 0.25) is 5.02 Å². The van der Waals surface area contributed by atoms with Crippen molar-refractivity contribution in [2.24, 2.45) is 0 Å². The molecule has 0 aliphatic carbocycles. The minimum absolute atomic E-state index is 0.296. The van der Waals surface area contributed by atoms with Gasteiger partial charge in [-0.15, -0.1) is 0 Å². The predicted molar refractivity (Wildman–Crippen MR) is 85.3 cm³/mol. The molecule has 3 rings (SSSR count). The molecule has 1 fully saturated rings. The van der Waals surface area contributed by atoms with E-state index in [0.29, 0.717) is 12.1 Å². The maximum Gasteiger partial charge on any atom is 0.127 e. The molecule has 116 valence electrons. The van der Waals surface area contributed by atoms with Crippen molar-refractivity contribution in [3.63, 3.8) is 0 Å². The Morgan fingerprint density at radius 3 is 3.05 bits per heavy atom. The molecule has 1 saturated heterocycles. The summed E-state index contributed by atoms with van der Waals surface area (Å²) < 4.78 is 11.6. The number of halogens is 1. The molecular weight excluding hydrogens is 286 g/mol. The van der Waals surface area contributed by atoms with Crippen molar-refractivity contribution in [2.45, 2.75) is 51.2 Å². The van der Waals surface area contributed by atoms with Crippen LogP contribution in [0, 0.1) is 0 Å². The molecule has 2 atom stereocenters. The summed E-state index contributed by atoms with van der Waals surface area (Å²) in [6.45, 7) is 4.78. The van der Waals surface area contributed by atoms with E-state index >= 15 is 0 Å². The minimum atomic E-state index is 0.296. The number of nitrogens with one attached hydrogen (secondary N) is 1. The Labute approximate surface area is 132 Å². The highest BCUT2D eigenvalue weighted by Crippen LogP contribution is 2.38. The lowest BCUT2D eigenvalue weighted by Crippen LogP contribution is -2.23. The summed E-state index contributed by atoms with van der Waals surface area (Å²) in [5.74, 6) is 1.05. The largest absolute Gasteiger partial charge is 0.493 e. The second kappa shape index (κ2) is 6.99. The van der Waals surface area contributed by atoms with Crippen molar-refractivity contribution < 1.29 is 9.47 Å². The molecule has 2 aliphatic rings. The van der Waals surface area contributed by atoms with Gasteiger partial charge in [-0.25, -0.2) is 0 Å². The van der Waals surface area contributed by atoms with Crippen LogP contribution in [0.5, 0.6) is 5.75 Å². The average molecular weight is 310 g/mol.